The molecule has 0 aliphatic rings. The van der Waals surface area contributed by atoms with Crippen molar-refractivity contribution < 1.29 is 9.47 Å². The smallest absolute Gasteiger partial charge is 0.166 e. The van der Waals surface area contributed by atoms with Crippen LogP contribution in [0.25, 0.3) is 0 Å². The number of ether oxygens (including phenoxy) is 2. The molecular formula is C18H8Cl8N2O2. The van der Waals surface area contributed by atoms with Gasteiger partial charge in [-0.15, -0.1) is 0 Å². The Hall–Kier alpha value is -0.820. The number of nitrogen functional groups attached to an aromatic ring is 2. The van der Waals surface area contributed by atoms with E-state index < -0.39 is 0 Å². The zero-order valence-electron chi connectivity index (χ0n) is 14.3. The van der Waals surface area contributed by atoms with Gasteiger partial charge in [-0.05, 0) is 12.1 Å². The van der Waals surface area contributed by atoms with E-state index in [0.29, 0.717) is 0 Å². The molecular weight excluding hydrogens is 560 g/mol. The monoisotopic (exact) mass is 564 g/mol. The van der Waals surface area contributed by atoms with Gasteiger partial charge in [-0.3, -0.25) is 0 Å². The van der Waals surface area contributed by atoms with Gasteiger partial charge >= 0.3 is 0 Å². The van der Waals surface area contributed by atoms with Crippen LogP contribution in [0.5, 0.6) is 23.0 Å². The number of rotatable bonds is 4. The van der Waals surface area contributed by atoms with Gasteiger partial charge in [-0.25, -0.2) is 0 Å². The second-order valence-electron chi connectivity index (χ2n) is 5.71. The summed E-state index contributed by atoms with van der Waals surface area (Å²) in [4.78, 5) is 0. The Balaban J connectivity index is 2.07. The molecule has 0 saturated carbocycles. The van der Waals surface area contributed by atoms with Gasteiger partial charge in [0.25, 0.3) is 0 Å². The molecule has 12 heteroatoms. The van der Waals surface area contributed by atoms with Gasteiger partial charge in [0.1, 0.15) is 15.1 Å². The van der Waals surface area contributed by atoms with E-state index in [-0.39, 0.29) is 74.6 Å². The first-order valence-corrected chi connectivity index (χ1v) is 10.7. The van der Waals surface area contributed by atoms with Crippen molar-refractivity contribution in [2.75, 3.05) is 11.5 Å². The average molecular weight is 568 g/mol. The summed E-state index contributed by atoms with van der Waals surface area (Å²) in [6.45, 7) is 0. The third-order valence-electron chi connectivity index (χ3n) is 3.72. The summed E-state index contributed by atoms with van der Waals surface area (Å²) < 4.78 is 11.5. The molecule has 0 heterocycles. The molecule has 0 saturated heterocycles. The average Bonchev–Trinajstić information content (AvgIpc) is 2.68. The van der Waals surface area contributed by atoms with Crippen LogP contribution >= 0.6 is 92.8 Å². The lowest BCUT2D eigenvalue weighted by Crippen LogP contribution is -1.96. The fourth-order valence-corrected chi connectivity index (χ4v) is 4.33. The number of halogens is 8. The summed E-state index contributed by atoms with van der Waals surface area (Å²) in [5, 5.41) is 0.786. The molecule has 3 aromatic rings. The van der Waals surface area contributed by atoms with Crippen molar-refractivity contribution in [3.05, 3.63) is 64.4 Å². The third-order valence-corrected chi connectivity index (χ3v) is 6.25. The first kappa shape index (κ1) is 23.8. The topological polar surface area (TPSA) is 70.5 Å². The van der Waals surface area contributed by atoms with Gasteiger partial charge in [0, 0.05) is 17.2 Å². The summed E-state index contributed by atoms with van der Waals surface area (Å²) >= 11 is 49.3. The van der Waals surface area contributed by atoms with Gasteiger partial charge < -0.3 is 20.9 Å². The van der Waals surface area contributed by atoms with E-state index in [1.54, 1.807) is 0 Å². The van der Waals surface area contributed by atoms with Crippen molar-refractivity contribution in [2.45, 2.75) is 0 Å². The van der Waals surface area contributed by atoms with E-state index in [1.165, 1.54) is 24.3 Å². The molecule has 4 N–H and O–H groups in total. The maximum absolute atomic E-state index is 6.44. The normalized spacial score (nSPS) is 10.9. The van der Waals surface area contributed by atoms with E-state index in [2.05, 4.69) is 0 Å². The zero-order valence-corrected chi connectivity index (χ0v) is 20.4. The van der Waals surface area contributed by atoms with E-state index in [0.717, 1.165) is 0 Å². The molecule has 0 atom stereocenters. The minimum absolute atomic E-state index is 0.00238. The number of nitrogens with two attached hydrogens (primary N) is 2. The molecule has 0 spiro atoms. The fourth-order valence-electron chi connectivity index (χ4n) is 2.27. The molecule has 158 valence electrons. The maximum atomic E-state index is 6.44. The summed E-state index contributed by atoms with van der Waals surface area (Å²) in [6.07, 6.45) is 0. The van der Waals surface area contributed by atoms with Crippen molar-refractivity contribution in [1.29, 1.82) is 0 Å². The van der Waals surface area contributed by atoms with E-state index >= 15 is 0 Å². The standard InChI is InChI=1S/C18H8Cl8N2O2/c19-5-1-10(29-17-8(22)3-6(20)15(27)13(17)25)12(24)11(2-5)30-18-9(23)4-7(21)16(28)14(18)26/h1-4H,27-28H2. The van der Waals surface area contributed by atoms with Gasteiger partial charge in [0.15, 0.2) is 23.0 Å². The zero-order chi connectivity index (χ0) is 22.3. The second-order valence-corrected chi connectivity index (χ2v) is 8.91. The molecule has 0 radical (unpaired) electrons. The van der Waals surface area contributed by atoms with Crippen LogP contribution in [0.4, 0.5) is 11.4 Å². The molecule has 0 aromatic heterocycles. The van der Waals surface area contributed by atoms with Gasteiger partial charge in [-0.2, -0.15) is 0 Å². The molecule has 3 aromatic carbocycles. The second kappa shape index (κ2) is 9.35. The molecule has 4 nitrogen and oxygen atoms in total. The first-order valence-electron chi connectivity index (χ1n) is 7.72. The van der Waals surface area contributed by atoms with Crippen LogP contribution in [0.2, 0.25) is 40.2 Å². The van der Waals surface area contributed by atoms with Crippen molar-refractivity contribution >= 4 is 104 Å². The highest BCUT2D eigenvalue weighted by atomic mass is 35.5. The SMILES string of the molecule is Nc1c(Cl)cc(Cl)c(Oc2cc(Cl)cc(Oc3c(Cl)cc(Cl)c(N)c3Cl)c2Cl)c1Cl. The summed E-state index contributed by atoms with van der Waals surface area (Å²) in [6, 6.07) is 5.61. The highest BCUT2D eigenvalue weighted by molar-refractivity contribution is 6.44. The molecule has 0 aliphatic carbocycles. The molecule has 30 heavy (non-hydrogen) atoms. The van der Waals surface area contributed by atoms with Gasteiger partial charge in [0.05, 0.1) is 31.5 Å². The number of benzene rings is 3. The van der Waals surface area contributed by atoms with Crippen molar-refractivity contribution in [2.24, 2.45) is 0 Å². The minimum Gasteiger partial charge on any atom is -0.452 e. The molecule has 3 rings (SSSR count). The summed E-state index contributed by atoms with van der Waals surface area (Å²) in [5.74, 6) is 0.196. The molecule has 0 fully saturated rings. The Morgan fingerprint density at radius 2 is 0.867 bits per heavy atom. The predicted octanol–water partition coefficient (Wildman–Crippen LogP) is 9.66. The summed E-state index contributed by atoms with van der Waals surface area (Å²) in [7, 11) is 0. The fraction of sp³-hybridized carbons (Fsp3) is 0. The number of hydrogen-bond acceptors (Lipinski definition) is 4. The number of hydrogen-bond donors (Lipinski definition) is 2. The lowest BCUT2D eigenvalue weighted by Gasteiger charge is -2.17. The van der Waals surface area contributed by atoms with Crippen molar-refractivity contribution in [3.8, 4) is 23.0 Å². The maximum Gasteiger partial charge on any atom is 0.166 e. The van der Waals surface area contributed by atoms with Gasteiger partial charge in [0.2, 0.25) is 0 Å². The van der Waals surface area contributed by atoms with Crippen molar-refractivity contribution in [3.63, 3.8) is 0 Å². The Morgan fingerprint density at radius 1 is 0.500 bits per heavy atom. The highest BCUT2D eigenvalue weighted by Gasteiger charge is 2.21. The van der Waals surface area contributed by atoms with Gasteiger partial charge in [-0.1, -0.05) is 92.8 Å². The molecule has 0 unspecified atom stereocenters. The van der Waals surface area contributed by atoms with E-state index in [4.69, 9.17) is 114 Å². The Labute approximate surface area is 211 Å². The highest BCUT2D eigenvalue weighted by Crippen LogP contribution is 2.49. The van der Waals surface area contributed by atoms with Crippen molar-refractivity contribution in [1.82, 2.24) is 0 Å². The van der Waals surface area contributed by atoms with Crippen LogP contribution in [0.1, 0.15) is 0 Å². The third kappa shape index (κ3) is 4.67. The molecule has 0 aliphatic heterocycles. The van der Waals surface area contributed by atoms with Crippen LogP contribution in [-0.4, -0.2) is 0 Å². The van der Waals surface area contributed by atoms with E-state index in [1.807, 2.05) is 0 Å². The lowest BCUT2D eigenvalue weighted by atomic mass is 10.2. The Kier molecular flexibility index (Phi) is 7.43. The Morgan fingerprint density at radius 3 is 1.23 bits per heavy atom. The quantitative estimate of drug-likeness (QED) is 0.308. The minimum atomic E-state index is 0.00238. The van der Waals surface area contributed by atoms with Crippen LogP contribution in [0, 0.1) is 0 Å². The van der Waals surface area contributed by atoms with Crippen LogP contribution < -0.4 is 20.9 Å². The van der Waals surface area contributed by atoms with Crippen LogP contribution in [0.3, 0.4) is 0 Å². The number of anilines is 2. The molecule has 0 amide bonds. The van der Waals surface area contributed by atoms with E-state index in [9.17, 15) is 0 Å². The largest absolute Gasteiger partial charge is 0.452 e. The lowest BCUT2D eigenvalue weighted by molar-refractivity contribution is 0.461. The summed E-state index contributed by atoms with van der Waals surface area (Å²) in [5.41, 5.74) is 11.8. The first-order chi connectivity index (χ1) is 14.0. The Bertz CT molecular complexity index is 1080. The molecule has 0 bridgehead atoms. The van der Waals surface area contributed by atoms with Crippen LogP contribution in [0.15, 0.2) is 24.3 Å². The van der Waals surface area contributed by atoms with Crippen LogP contribution in [-0.2, 0) is 0 Å². The predicted molar refractivity (Wildman–Crippen MR) is 128 cm³/mol.